The van der Waals surface area contributed by atoms with Crippen LogP contribution in [0.4, 0.5) is 11.8 Å². The van der Waals surface area contributed by atoms with Gasteiger partial charge in [-0.1, -0.05) is 6.07 Å². The van der Waals surface area contributed by atoms with Crippen molar-refractivity contribution in [2.45, 2.75) is 22.6 Å². The summed E-state index contributed by atoms with van der Waals surface area (Å²) in [7, 11) is -7.09. The van der Waals surface area contributed by atoms with E-state index in [-0.39, 0.29) is 27.5 Å². The summed E-state index contributed by atoms with van der Waals surface area (Å²) >= 11 is 0. The second-order valence-corrected chi connectivity index (χ2v) is 12.0. The second-order valence-electron chi connectivity index (χ2n) is 8.02. The van der Waals surface area contributed by atoms with Crippen molar-refractivity contribution in [2.75, 3.05) is 37.4 Å². The summed E-state index contributed by atoms with van der Waals surface area (Å²) in [6.07, 6.45) is 2.34. The van der Waals surface area contributed by atoms with Crippen molar-refractivity contribution in [1.29, 1.82) is 0 Å². The van der Waals surface area contributed by atoms with Gasteiger partial charge in [0, 0.05) is 19.3 Å². The fourth-order valence-electron chi connectivity index (χ4n) is 3.85. The topological polar surface area (TPSA) is 159 Å². The Bertz CT molecular complexity index is 1380. The highest BCUT2D eigenvalue weighted by molar-refractivity contribution is 7.90. The van der Waals surface area contributed by atoms with Crippen LogP contribution in [0, 0.1) is 5.92 Å². The van der Waals surface area contributed by atoms with E-state index in [9.17, 15) is 16.8 Å². The number of nitrogen functional groups attached to an aromatic ring is 2. The van der Waals surface area contributed by atoms with Crippen LogP contribution in [0.3, 0.4) is 0 Å². The van der Waals surface area contributed by atoms with Gasteiger partial charge in [-0.25, -0.2) is 21.8 Å². The van der Waals surface area contributed by atoms with Crippen molar-refractivity contribution >= 4 is 42.5 Å². The zero-order valence-corrected chi connectivity index (χ0v) is 19.6. The van der Waals surface area contributed by atoms with Gasteiger partial charge in [0.1, 0.15) is 11.6 Å². The first-order valence-corrected chi connectivity index (χ1v) is 13.6. The van der Waals surface area contributed by atoms with Gasteiger partial charge in [-0.2, -0.15) is 9.29 Å². The number of sulfonamides is 1. The number of nitrogens with zero attached hydrogens (tertiary/aromatic N) is 3. The van der Waals surface area contributed by atoms with Crippen LogP contribution in [-0.2, 0) is 19.9 Å². The maximum Gasteiger partial charge on any atom is 0.243 e. The molecule has 1 aliphatic heterocycles. The number of aromatic nitrogens is 2. The highest BCUT2D eigenvalue weighted by atomic mass is 32.2. The number of sulfone groups is 1. The molecule has 12 heteroatoms. The minimum Gasteiger partial charge on any atom is -0.492 e. The number of benzene rings is 2. The Hall–Kier alpha value is -2.96. The van der Waals surface area contributed by atoms with Crippen molar-refractivity contribution in [2.24, 2.45) is 5.92 Å². The van der Waals surface area contributed by atoms with Gasteiger partial charge in [0.15, 0.2) is 9.84 Å². The predicted octanol–water partition coefficient (Wildman–Crippen LogP) is 1.68. The molecule has 0 unspecified atom stereocenters. The smallest absolute Gasteiger partial charge is 0.243 e. The molecule has 4 rings (SSSR count). The molecule has 176 valence electrons. The summed E-state index contributed by atoms with van der Waals surface area (Å²) in [5.41, 5.74) is 12.3. The van der Waals surface area contributed by atoms with Gasteiger partial charge in [0.2, 0.25) is 16.0 Å². The number of hydrogen-bond acceptors (Lipinski definition) is 9. The van der Waals surface area contributed by atoms with Crippen LogP contribution in [-0.4, -0.2) is 57.1 Å². The highest BCUT2D eigenvalue weighted by Crippen LogP contribution is 2.31. The minimum absolute atomic E-state index is 0.0788. The number of hydrogen-bond donors (Lipinski definition) is 2. The molecule has 1 aromatic heterocycles. The van der Waals surface area contributed by atoms with Crippen LogP contribution in [0.5, 0.6) is 5.75 Å². The third-order valence-electron chi connectivity index (χ3n) is 5.67. The molecular formula is C21H25N5O5S2. The zero-order valence-electron chi connectivity index (χ0n) is 18.0. The van der Waals surface area contributed by atoms with E-state index in [2.05, 4.69) is 9.97 Å². The van der Waals surface area contributed by atoms with Crippen LogP contribution in [0.25, 0.3) is 10.9 Å². The van der Waals surface area contributed by atoms with Crippen molar-refractivity contribution in [3.63, 3.8) is 0 Å². The Labute approximate surface area is 192 Å². The van der Waals surface area contributed by atoms with Gasteiger partial charge in [0.25, 0.3) is 0 Å². The lowest BCUT2D eigenvalue weighted by molar-refractivity contribution is 0.186. The third kappa shape index (κ3) is 4.87. The van der Waals surface area contributed by atoms with E-state index in [0.717, 1.165) is 6.26 Å². The molecule has 4 N–H and O–H groups in total. The van der Waals surface area contributed by atoms with Crippen molar-refractivity contribution in [3.8, 4) is 5.75 Å². The van der Waals surface area contributed by atoms with Gasteiger partial charge in [0.05, 0.1) is 27.3 Å². The molecule has 1 saturated heterocycles. The largest absolute Gasteiger partial charge is 0.492 e. The van der Waals surface area contributed by atoms with E-state index in [1.54, 1.807) is 18.2 Å². The van der Waals surface area contributed by atoms with E-state index in [1.807, 2.05) is 0 Å². The molecule has 0 radical (unpaired) electrons. The normalized spacial score (nSPS) is 16.2. The van der Waals surface area contributed by atoms with Crippen LogP contribution in [0.2, 0.25) is 0 Å². The lowest BCUT2D eigenvalue weighted by Crippen LogP contribution is -2.39. The molecule has 2 aromatic carbocycles. The average molecular weight is 492 g/mol. The number of piperidine rings is 1. The van der Waals surface area contributed by atoms with Crippen LogP contribution >= 0.6 is 0 Å². The van der Waals surface area contributed by atoms with Gasteiger partial charge < -0.3 is 16.2 Å². The van der Waals surface area contributed by atoms with Crippen molar-refractivity contribution < 1.29 is 21.6 Å². The van der Waals surface area contributed by atoms with E-state index < -0.39 is 19.9 Å². The molecule has 0 aliphatic carbocycles. The minimum atomic E-state index is -3.70. The zero-order chi connectivity index (χ0) is 23.8. The highest BCUT2D eigenvalue weighted by Gasteiger charge is 2.30. The molecule has 0 bridgehead atoms. The van der Waals surface area contributed by atoms with Crippen LogP contribution in [0.1, 0.15) is 12.8 Å². The Morgan fingerprint density at radius 2 is 1.61 bits per heavy atom. The molecule has 1 fully saturated rings. The van der Waals surface area contributed by atoms with Gasteiger partial charge in [-0.3, -0.25) is 0 Å². The maximum absolute atomic E-state index is 13.0. The van der Waals surface area contributed by atoms with Gasteiger partial charge in [-0.15, -0.1) is 0 Å². The van der Waals surface area contributed by atoms with E-state index in [0.29, 0.717) is 49.2 Å². The summed E-state index contributed by atoms with van der Waals surface area (Å²) in [5, 5.41) is 0.601. The predicted molar refractivity (Wildman–Crippen MR) is 125 cm³/mol. The van der Waals surface area contributed by atoms with Crippen LogP contribution < -0.4 is 16.2 Å². The quantitative estimate of drug-likeness (QED) is 0.523. The number of rotatable bonds is 6. The molecule has 10 nitrogen and oxygen atoms in total. The monoisotopic (exact) mass is 491 g/mol. The molecule has 0 spiro atoms. The molecule has 0 atom stereocenters. The lowest BCUT2D eigenvalue weighted by Gasteiger charge is -2.31. The van der Waals surface area contributed by atoms with Crippen molar-refractivity contribution in [1.82, 2.24) is 14.3 Å². The molecule has 0 saturated carbocycles. The first kappa shape index (κ1) is 23.2. The van der Waals surface area contributed by atoms with Gasteiger partial charge >= 0.3 is 0 Å². The number of nitrogens with two attached hydrogens (primary N) is 2. The summed E-state index contributed by atoms with van der Waals surface area (Å²) in [4.78, 5) is 8.34. The molecule has 0 amide bonds. The average Bonchev–Trinajstić information content (AvgIpc) is 2.77. The standard InChI is InChI=1S/C21H25N5O5S2/c1-32(27,28)15-5-7-16(8-6-15)33(29,30)26-11-9-14(10-12-26)13-31-18-4-2-3-17-19(18)20(22)25-21(23)24-17/h2-8,14H,9-13H2,1H3,(H4,22,23,24,25). The second kappa shape index (κ2) is 8.76. The molecular weight excluding hydrogens is 466 g/mol. The fraction of sp³-hybridized carbons (Fsp3) is 0.333. The molecule has 2 heterocycles. The first-order chi connectivity index (χ1) is 15.6. The Morgan fingerprint density at radius 1 is 0.970 bits per heavy atom. The summed E-state index contributed by atoms with van der Waals surface area (Å²) < 4.78 is 56.6. The Kier molecular flexibility index (Phi) is 6.16. The summed E-state index contributed by atoms with van der Waals surface area (Å²) in [6, 6.07) is 10.7. The number of anilines is 2. The summed E-state index contributed by atoms with van der Waals surface area (Å²) in [6.45, 7) is 1.10. The first-order valence-electron chi connectivity index (χ1n) is 10.3. The summed E-state index contributed by atoms with van der Waals surface area (Å²) in [5.74, 6) is 1.06. The van der Waals surface area contributed by atoms with E-state index in [1.165, 1.54) is 28.6 Å². The third-order valence-corrected chi connectivity index (χ3v) is 8.71. The lowest BCUT2D eigenvalue weighted by atomic mass is 9.99. The maximum atomic E-state index is 13.0. The molecule has 3 aromatic rings. The molecule has 1 aliphatic rings. The number of fused-ring (bicyclic) bond motifs is 1. The van der Waals surface area contributed by atoms with Crippen molar-refractivity contribution in [3.05, 3.63) is 42.5 Å². The van der Waals surface area contributed by atoms with Crippen LogP contribution in [0.15, 0.2) is 52.3 Å². The number of ether oxygens (including phenoxy) is 1. The molecule has 33 heavy (non-hydrogen) atoms. The van der Waals surface area contributed by atoms with Gasteiger partial charge in [-0.05, 0) is 55.2 Å². The Morgan fingerprint density at radius 3 is 2.24 bits per heavy atom. The van der Waals surface area contributed by atoms with E-state index in [4.69, 9.17) is 16.2 Å². The Balaban J connectivity index is 1.40. The SMILES string of the molecule is CS(=O)(=O)c1ccc(S(=O)(=O)N2CCC(COc3cccc4nc(N)nc(N)c34)CC2)cc1. The fourth-order valence-corrected chi connectivity index (χ4v) is 5.95. The van der Waals surface area contributed by atoms with E-state index >= 15 is 0 Å².